The summed E-state index contributed by atoms with van der Waals surface area (Å²) in [6, 6.07) is 2.20. The highest BCUT2D eigenvalue weighted by atomic mass is 16.3. The Morgan fingerprint density at radius 1 is 1.28 bits per heavy atom. The summed E-state index contributed by atoms with van der Waals surface area (Å²) in [5.41, 5.74) is 0.597. The molecule has 0 fully saturated rings. The SMILES string of the molecule is CCC(C#N)(CC)NC(=O)c1c(C)oc(C)c1C. The molecule has 0 saturated heterocycles. The smallest absolute Gasteiger partial charge is 0.256 e. The Kier molecular flexibility index (Phi) is 4.18. The number of aryl methyl sites for hydroxylation is 2. The summed E-state index contributed by atoms with van der Waals surface area (Å²) in [5.74, 6) is 1.11. The number of nitriles is 1. The second-order valence-corrected chi connectivity index (χ2v) is 4.57. The minimum absolute atomic E-state index is 0.230. The Morgan fingerprint density at radius 2 is 1.83 bits per heavy atom. The quantitative estimate of drug-likeness (QED) is 0.890. The normalized spacial score (nSPS) is 11.1. The van der Waals surface area contributed by atoms with Crippen molar-refractivity contribution in [1.29, 1.82) is 5.26 Å². The fraction of sp³-hybridized carbons (Fsp3) is 0.571. The molecule has 0 radical (unpaired) electrons. The van der Waals surface area contributed by atoms with E-state index in [0.29, 0.717) is 24.2 Å². The largest absolute Gasteiger partial charge is 0.466 e. The van der Waals surface area contributed by atoms with Crippen LogP contribution in [0.5, 0.6) is 0 Å². The van der Waals surface area contributed by atoms with Crippen LogP contribution in [0.25, 0.3) is 0 Å². The Balaban J connectivity index is 3.06. The number of nitrogens with zero attached hydrogens (tertiary/aromatic N) is 1. The molecular formula is C14H20N2O2. The molecule has 98 valence electrons. The fourth-order valence-corrected chi connectivity index (χ4v) is 2.02. The van der Waals surface area contributed by atoms with Gasteiger partial charge in [-0.15, -0.1) is 0 Å². The van der Waals surface area contributed by atoms with Crippen LogP contribution in [0, 0.1) is 32.1 Å². The van der Waals surface area contributed by atoms with Crippen molar-refractivity contribution in [3.05, 3.63) is 22.6 Å². The van der Waals surface area contributed by atoms with Crippen molar-refractivity contribution in [3.63, 3.8) is 0 Å². The maximum atomic E-state index is 12.3. The first kappa shape index (κ1) is 14.3. The van der Waals surface area contributed by atoms with E-state index in [1.54, 1.807) is 6.92 Å². The predicted octanol–water partition coefficient (Wildman–Crippen LogP) is 3.02. The van der Waals surface area contributed by atoms with Gasteiger partial charge in [-0.3, -0.25) is 4.79 Å². The van der Waals surface area contributed by atoms with Crippen LogP contribution in [0.4, 0.5) is 0 Å². The van der Waals surface area contributed by atoms with Crippen LogP contribution in [0.2, 0.25) is 0 Å². The second-order valence-electron chi connectivity index (χ2n) is 4.57. The molecule has 0 bridgehead atoms. The van der Waals surface area contributed by atoms with Crippen molar-refractivity contribution in [2.24, 2.45) is 0 Å². The van der Waals surface area contributed by atoms with E-state index in [1.165, 1.54) is 0 Å². The lowest BCUT2D eigenvalue weighted by atomic mass is 9.94. The number of amides is 1. The van der Waals surface area contributed by atoms with Gasteiger partial charge in [-0.25, -0.2) is 0 Å². The lowest BCUT2D eigenvalue weighted by Gasteiger charge is -2.24. The molecule has 18 heavy (non-hydrogen) atoms. The molecule has 0 saturated carbocycles. The van der Waals surface area contributed by atoms with Crippen LogP contribution in [-0.4, -0.2) is 11.4 Å². The Morgan fingerprint density at radius 3 is 2.17 bits per heavy atom. The first-order chi connectivity index (χ1) is 8.40. The van der Waals surface area contributed by atoms with Crippen molar-refractivity contribution >= 4 is 5.91 Å². The standard InChI is InChI=1S/C14H20N2O2/c1-6-14(7-2,8-15)16-13(17)12-9(3)10(4)18-11(12)5/h6-7H2,1-5H3,(H,16,17). The van der Waals surface area contributed by atoms with Crippen molar-refractivity contribution in [2.45, 2.75) is 53.0 Å². The zero-order valence-corrected chi connectivity index (χ0v) is 11.7. The minimum Gasteiger partial charge on any atom is -0.466 e. The van der Waals surface area contributed by atoms with Gasteiger partial charge in [0.1, 0.15) is 17.1 Å². The molecular weight excluding hydrogens is 228 g/mol. The van der Waals surface area contributed by atoms with Crippen LogP contribution in [0.15, 0.2) is 4.42 Å². The molecule has 1 rings (SSSR count). The number of hydrogen-bond donors (Lipinski definition) is 1. The van der Waals surface area contributed by atoms with E-state index in [1.807, 2.05) is 27.7 Å². The third kappa shape index (κ3) is 2.40. The average Bonchev–Trinajstić information content (AvgIpc) is 2.60. The van der Waals surface area contributed by atoms with E-state index in [4.69, 9.17) is 4.42 Å². The highest BCUT2D eigenvalue weighted by Crippen LogP contribution is 2.22. The maximum Gasteiger partial charge on any atom is 0.256 e. The van der Waals surface area contributed by atoms with Crippen LogP contribution in [0.3, 0.4) is 0 Å². The first-order valence-corrected chi connectivity index (χ1v) is 6.21. The summed E-state index contributed by atoms with van der Waals surface area (Å²) in [7, 11) is 0. The molecule has 0 aliphatic rings. The molecule has 1 heterocycles. The number of furan rings is 1. The van der Waals surface area contributed by atoms with Crippen molar-refractivity contribution in [2.75, 3.05) is 0 Å². The van der Waals surface area contributed by atoms with Gasteiger partial charge in [0.05, 0.1) is 11.6 Å². The van der Waals surface area contributed by atoms with Gasteiger partial charge < -0.3 is 9.73 Å². The average molecular weight is 248 g/mol. The molecule has 0 aliphatic carbocycles. The van der Waals surface area contributed by atoms with Crippen LogP contribution in [-0.2, 0) is 0 Å². The van der Waals surface area contributed by atoms with Gasteiger partial charge in [-0.05, 0) is 33.6 Å². The summed E-state index contributed by atoms with van der Waals surface area (Å²) < 4.78 is 5.44. The van der Waals surface area contributed by atoms with Gasteiger partial charge in [0.2, 0.25) is 0 Å². The van der Waals surface area contributed by atoms with Crippen LogP contribution < -0.4 is 5.32 Å². The summed E-state index contributed by atoms with van der Waals surface area (Å²) >= 11 is 0. The lowest BCUT2D eigenvalue weighted by molar-refractivity contribution is 0.0913. The molecule has 0 atom stereocenters. The third-order valence-electron chi connectivity index (χ3n) is 3.56. The molecule has 4 heteroatoms. The summed E-state index contributed by atoms with van der Waals surface area (Å²) in [4.78, 5) is 12.3. The third-order valence-corrected chi connectivity index (χ3v) is 3.56. The van der Waals surface area contributed by atoms with E-state index in [2.05, 4.69) is 11.4 Å². The molecule has 1 aromatic heterocycles. The fourth-order valence-electron chi connectivity index (χ4n) is 2.02. The number of carbonyl (C=O) groups excluding carboxylic acids is 1. The second kappa shape index (κ2) is 5.26. The van der Waals surface area contributed by atoms with Crippen molar-refractivity contribution in [1.82, 2.24) is 5.32 Å². The monoisotopic (exact) mass is 248 g/mol. The number of rotatable bonds is 4. The molecule has 1 aromatic rings. The van der Waals surface area contributed by atoms with E-state index < -0.39 is 5.54 Å². The van der Waals surface area contributed by atoms with Gasteiger partial charge in [0, 0.05) is 5.56 Å². The summed E-state index contributed by atoms with van der Waals surface area (Å²) in [6.45, 7) is 9.24. The maximum absolute atomic E-state index is 12.3. The number of hydrogen-bond acceptors (Lipinski definition) is 3. The van der Waals surface area contributed by atoms with Gasteiger partial charge in [-0.1, -0.05) is 13.8 Å². The van der Waals surface area contributed by atoms with E-state index in [-0.39, 0.29) is 5.91 Å². The van der Waals surface area contributed by atoms with Crippen LogP contribution in [0.1, 0.15) is 54.1 Å². The summed E-state index contributed by atoms with van der Waals surface area (Å²) in [5, 5.41) is 12.1. The molecule has 1 N–H and O–H groups in total. The van der Waals surface area contributed by atoms with Gasteiger partial charge in [0.25, 0.3) is 5.91 Å². The minimum atomic E-state index is -0.791. The van der Waals surface area contributed by atoms with E-state index in [0.717, 1.165) is 11.3 Å². The zero-order valence-electron chi connectivity index (χ0n) is 11.7. The first-order valence-electron chi connectivity index (χ1n) is 6.21. The molecule has 4 nitrogen and oxygen atoms in total. The number of nitrogens with one attached hydrogen (secondary N) is 1. The van der Waals surface area contributed by atoms with Gasteiger partial charge in [-0.2, -0.15) is 5.26 Å². The van der Waals surface area contributed by atoms with E-state index >= 15 is 0 Å². The van der Waals surface area contributed by atoms with E-state index in [9.17, 15) is 10.1 Å². The van der Waals surface area contributed by atoms with Gasteiger partial charge >= 0.3 is 0 Å². The molecule has 0 spiro atoms. The van der Waals surface area contributed by atoms with Gasteiger partial charge in [0.15, 0.2) is 0 Å². The Bertz CT molecular complexity index is 491. The van der Waals surface area contributed by atoms with Crippen molar-refractivity contribution in [3.8, 4) is 6.07 Å². The molecule has 0 aliphatic heterocycles. The van der Waals surface area contributed by atoms with Crippen molar-refractivity contribution < 1.29 is 9.21 Å². The lowest BCUT2D eigenvalue weighted by Crippen LogP contribution is -2.46. The zero-order chi connectivity index (χ0) is 13.9. The topological polar surface area (TPSA) is 66.0 Å². The predicted molar refractivity (Wildman–Crippen MR) is 69.3 cm³/mol. The summed E-state index contributed by atoms with van der Waals surface area (Å²) in [6.07, 6.45) is 1.17. The molecule has 0 aromatic carbocycles. The highest BCUT2D eigenvalue weighted by molar-refractivity contribution is 5.97. The Hall–Kier alpha value is -1.76. The Labute approximate surface area is 108 Å². The molecule has 0 unspecified atom stereocenters. The number of carbonyl (C=O) groups is 1. The highest BCUT2D eigenvalue weighted by Gasteiger charge is 2.30. The molecule has 1 amide bonds. The van der Waals surface area contributed by atoms with Crippen LogP contribution >= 0.6 is 0 Å².